The maximum atomic E-state index is 6.09. The summed E-state index contributed by atoms with van der Waals surface area (Å²) in [5, 5.41) is 5.04. The molecule has 3 heteroatoms. The highest BCUT2D eigenvalue weighted by Crippen LogP contribution is 2.26. The lowest BCUT2D eigenvalue weighted by molar-refractivity contribution is 0.823. The SMILES string of the molecule is CNCc1c[nH]c2cccc(Cl)c12. The Morgan fingerprint density at radius 3 is 3.08 bits per heavy atom. The molecule has 0 saturated heterocycles. The number of rotatable bonds is 2. The Balaban J connectivity index is 2.64. The van der Waals surface area contributed by atoms with Crippen LogP contribution in [0.2, 0.25) is 5.02 Å². The molecule has 2 rings (SSSR count). The molecule has 0 radical (unpaired) electrons. The van der Waals surface area contributed by atoms with E-state index in [9.17, 15) is 0 Å². The average molecular weight is 195 g/mol. The minimum Gasteiger partial charge on any atom is -0.361 e. The molecule has 0 bridgehead atoms. The fourth-order valence-electron chi connectivity index (χ4n) is 1.54. The predicted molar refractivity (Wildman–Crippen MR) is 56.1 cm³/mol. The molecule has 0 saturated carbocycles. The highest BCUT2D eigenvalue weighted by Gasteiger charge is 2.05. The van der Waals surface area contributed by atoms with Crippen LogP contribution < -0.4 is 5.32 Å². The minimum atomic E-state index is 0.809. The van der Waals surface area contributed by atoms with Crippen LogP contribution in [0.1, 0.15) is 5.56 Å². The zero-order chi connectivity index (χ0) is 9.26. The van der Waals surface area contributed by atoms with Gasteiger partial charge in [0, 0.05) is 23.6 Å². The van der Waals surface area contributed by atoms with Gasteiger partial charge in [0.25, 0.3) is 0 Å². The molecule has 0 aliphatic rings. The van der Waals surface area contributed by atoms with Gasteiger partial charge in [-0.15, -0.1) is 0 Å². The van der Waals surface area contributed by atoms with E-state index in [4.69, 9.17) is 11.6 Å². The van der Waals surface area contributed by atoms with Gasteiger partial charge in [0.05, 0.1) is 5.02 Å². The van der Waals surface area contributed by atoms with Crippen LogP contribution in [-0.4, -0.2) is 12.0 Å². The molecule has 1 heterocycles. The van der Waals surface area contributed by atoms with Gasteiger partial charge >= 0.3 is 0 Å². The Bertz CT molecular complexity index is 420. The number of halogens is 1. The van der Waals surface area contributed by atoms with E-state index in [0.717, 1.165) is 22.5 Å². The van der Waals surface area contributed by atoms with E-state index in [1.54, 1.807) is 0 Å². The third-order valence-corrected chi connectivity index (χ3v) is 2.42. The van der Waals surface area contributed by atoms with Gasteiger partial charge in [-0.2, -0.15) is 0 Å². The lowest BCUT2D eigenvalue weighted by Crippen LogP contribution is -2.04. The van der Waals surface area contributed by atoms with Crippen molar-refractivity contribution in [3.63, 3.8) is 0 Å². The van der Waals surface area contributed by atoms with E-state index in [0.29, 0.717) is 0 Å². The number of hydrogen-bond acceptors (Lipinski definition) is 1. The number of fused-ring (bicyclic) bond motifs is 1. The third kappa shape index (κ3) is 1.43. The van der Waals surface area contributed by atoms with Crippen molar-refractivity contribution in [2.24, 2.45) is 0 Å². The van der Waals surface area contributed by atoms with Crippen molar-refractivity contribution in [3.8, 4) is 0 Å². The molecular weight excluding hydrogens is 184 g/mol. The number of nitrogens with one attached hydrogen (secondary N) is 2. The molecule has 0 fully saturated rings. The molecule has 2 N–H and O–H groups in total. The zero-order valence-corrected chi connectivity index (χ0v) is 8.15. The largest absolute Gasteiger partial charge is 0.361 e. The summed E-state index contributed by atoms with van der Waals surface area (Å²) < 4.78 is 0. The topological polar surface area (TPSA) is 27.8 Å². The maximum absolute atomic E-state index is 6.09. The van der Waals surface area contributed by atoms with Crippen LogP contribution in [0.3, 0.4) is 0 Å². The molecule has 13 heavy (non-hydrogen) atoms. The fraction of sp³-hybridized carbons (Fsp3) is 0.200. The lowest BCUT2D eigenvalue weighted by Gasteiger charge is -1.98. The number of hydrogen-bond donors (Lipinski definition) is 2. The van der Waals surface area contributed by atoms with Crippen LogP contribution in [0.4, 0.5) is 0 Å². The molecule has 0 aliphatic heterocycles. The summed E-state index contributed by atoms with van der Waals surface area (Å²) in [7, 11) is 1.93. The molecular formula is C10H11ClN2. The van der Waals surface area contributed by atoms with Crippen molar-refractivity contribution in [1.29, 1.82) is 0 Å². The van der Waals surface area contributed by atoms with Gasteiger partial charge in [-0.1, -0.05) is 17.7 Å². The van der Waals surface area contributed by atoms with Crippen molar-refractivity contribution < 1.29 is 0 Å². The van der Waals surface area contributed by atoms with Gasteiger partial charge in [-0.05, 0) is 24.7 Å². The van der Waals surface area contributed by atoms with Crippen LogP contribution in [0.15, 0.2) is 24.4 Å². The molecule has 0 spiro atoms. The van der Waals surface area contributed by atoms with Gasteiger partial charge in [0.2, 0.25) is 0 Å². The second-order valence-electron chi connectivity index (χ2n) is 3.01. The highest BCUT2D eigenvalue weighted by atomic mass is 35.5. The summed E-state index contributed by atoms with van der Waals surface area (Å²) in [4.78, 5) is 3.19. The Morgan fingerprint density at radius 2 is 2.31 bits per heavy atom. The fourth-order valence-corrected chi connectivity index (χ4v) is 1.83. The van der Waals surface area contributed by atoms with Gasteiger partial charge in [0.15, 0.2) is 0 Å². The number of aromatic amines is 1. The summed E-state index contributed by atoms with van der Waals surface area (Å²) >= 11 is 6.09. The zero-order valence-electron chi connectivity index (χ0n) is 7.39. The number of H-pyrrole nitrogens is 1. The first-order valence-electron chi connectivity index (χ1n) is 4.22. The summed E-state index contributed by atoms with van der Waals surface area (Å²) in [6, 6.07) is 5.89. The summed E-state index contributed by atoms with van der Waals surface area (Å²) in [6.07, 6.45) is 1.99. The Kier molecular flexibility index (Phi) is 2.25. The van der Waals surface area contributed by atoms with E-state index < -0.39 is 0 Å². The van der Waals surface area contributed by atoms with Crippen molar-refractivity contribution in [1.82, 2.24) is 10.3 Å². The number of benzene rings is 1. The monoisotopic (exact) mass is 194 g/mol. The molecule has 0 amide bonds. The second-order valence-corrected chi connectivity index (χ2v) is 3.41. The Labute approximate surface area is 81.9 Å². The molecule has 0 aliphatic carbocycles. The quantitative estimate of drug-likeness (QED) is 0.756. The molecule has 2 aromatic rings. The first-order valence-corrected chi connectivity index (χ1v) is 4.60. The van der Waals surface area contributed by atoms with Crippen molar-refractivity contribution in [3.05, 3.63) is 35.0 Å². The average Bonchev–Trinajstić information content (AvgIpc) is 2.51. The lowest BCUT2D eigenvalue weighted by atomic mass is 10.2. The van der Waals surface area contributed by atoms with Gasteiger partial charge in [0.1, 0.15) is 0 Å². The van der Waals surface area contributed by atoms with Crippen molar-refractivity contribution >= 4 is 22.5 Å². The van der Waals surface area contributed by atoms with E-state index in [1.165, 1.54) is 5.56 Å². The second kappa shape index (κ2) is 3.40. The summed E-state index contributed by atoms with van der Waals surface area (Å²) in [6.45, 7) is 0.837. The van der Waals surface area contributed by atoms with Gasteiger partial charge < -0.3 is 10.3 Å². The highest BCUT2D eigenvalue weighted by molar-refractivity contribution is 6.35. The van der Waals surface area contributed by atoms with Crippen LogP contribution >= 0.6 is 11.6 Å². The Hall–Kier alpha value is -0.990. The van der Waals surface area contributed by atoms with Crippen LogP contribution in [-0.2, 0) is 6.54 Å². The predicted octanol–water partition coefficient (Wildman–Crippen LogP) is 2.54. The minimum absolute atomic E-state index is 0.809. The first kappa shape index (κ1) is 8.60. The molecule has 0 unspecified atom stereocenters. The van der Waals surface area contributed by atoms with Gasteiger partial charge in [-0.3, -0.25) is 0 Å². The standard InChI is InChI=1S/C10H11ClN2/c1-12-5-7-6-13-9-4-2-3-8(11)10(7)9/h2-4,6,12-13H,5H2,1H3. The van der Waals surface area contributed by atoms with Gasteiger partial charge in [-0.25, -0.2) is 0 Å². The first-order chi connectivity index (χ1) is 6.33. The third-order valence-electron chi connectivity index (χ3n) is 2.10. The number of aromatic nitrogens is 1. The molecule has 68 valence electrons. The normalized spacial score (nSPS) is 10.9. The summed E-state index contributed by atoms with van der Waals surface area (Å²) in [5.41, 5.74) is 2.31. The Morgan fingerprint density at radius 1 is 1.46 bits per heavy atom. The molecule has 0 atom stereocenters. The molecule has 1 aromatic heterocycles. The van der Waals surface area contributed by atoms with E-state index in [-0.39, 0.29) is 0 Å². The van der Waals surface area contributed by atoms with E-state index in [1.807, 2.05) is 31.4 Å². The molecule has 1 aromatic carbocycles. The van der Waals surface area contributed by atoms with Crippen LogP contribution in [0, 0.1) is 0 Å². The summed E-state index contributed by atoms with van der Waals surface area (Å²) in [5.74, 6) is 0. The van der Waals surface area contributed by atoms with E-state index in [2.05, 4.69) is 10.3 Å². The maximum Gasteiger partial charge on any atom is 0.0503 e. The molecule has 2 nitrogen and oxygen atoms in total. The smallest absolute Gasteiger partial charge is 0.0503 e. The van der Waals surface area contributed by atoms with Crippen molar-refractivity contribution in [2.75, 3.05) is 7.05 Å². The van der Waals surface area contributed by atoms with E-state index >= 15 is 0 Å². The van der Waals surface area contributed by atoms with Crippen LogP contribution in [0.25, 0.3) is 10.9 Å². The van der Waals surface area contributed by atoms with Crippen molar-refractivity contribution in [2.45, 2.75) is 6.54 Å². The van der Waals surface area contributed by atoms with Crippen LogP contribution in [0.5, 0.6) is 0 Å².